The highest BCUT2D eigenvalue weighted by Crippen LogP contribution is 2.19. The summed E-state index contributed by atoms with van der Waals surface area (Å²) < 4.78 is 5.20. The van der Waals surface area contributed by atoms with Crippen molar-refractivity contribution in [1.82, 2.24) is 5.32 Å². The van der Waals surface area contributed by atoms with Crippen molar-refractivity contribution in [3.63, 3.8) is 0 Å². The molecule has 0 saturated carbocycles. The number of carbonyl (C=O) groups excluding carboxylic acids is 1. The topological polar surface area (TPSA) is 61.4 Å². The monoisotopic (exact) mass is 328 g/mol. The first-order valence-corrected chi connectivity index (χ1v) is 6.28. The van der Waals surface area contributed by atoms with Crippen LogP contribution in [0.3, 0.4) is 0 Å². The molecule has 1 aromatic carbocycles. The Hall–Kier alpha value is -0.910. The number of halogens is 1. The summed E-state index contributed by atoms with van der Waals surface area (Å²) in [7, 11) is 0. The van der Waals surface area contributed by atoms with Gasteiger partial charge in [-0.2, -0.15) is 0 Å². The highest BCUT2D eigenvalue weighted by atomic mass is 79.9. The first-order chi connectivity index (χ1) is 8.68. The maximum absolute atomic E-state index is 11.1. The predicted molar refractivity (Wildman–Crippen MR) is 76.0 cm³/mol. The van der Waals surface area contributed by atoms with Crippen molar-refractivity contribution >= 4 is 23.0 Å². The SMILES string of the molecule is Br.CC(NC1CCOCC1C(=O)[O-])c1ccccc1. The van der Waals surface area contributed by atoms with E-state index in [9.17, 15) is 9.90 Å². The molecule has 0 radical (unpaired) electrons. The lowest BCUT2D eigenvalue weighted by atomic mass is 9.94. The van der Waals surface area contributed by atoms with E-state index in [1.807, 2.05) is 37.3 Å². The molecule has 0 amide bonds. The van der Waals surface area contributed by atoms with Crippen LogP contribution in [0.15, 0.2) is 30.3 Å². The second-order valence-electron chi connectivity index (χ2n) is 4.69. The number of carboxylic acid groups (broad SMARTS) is 1. The van der Waals surface area contributed by atoms with E-state index < -0.39 is 11.9 Å². The van der Waals surface area contributed by atoms with E-state index in [-0.39, 0.29) is 35.7 Å². The van der Waals surface area contributed by atoms with Gasteiger partial charge in [0, 0.05) is 30.6 Å². The molecule has 106 valence electrons. The van der Waals surface area contributed by atoms with Crippen molar-refractivity contribution in [2.24, 2.45) is 5.92 Å². The number of nitrogens with one attached hydrogen (secondary N) is 1. The molecule has 1 aromatic rings. The molecular formula is C14H19BrNO3-. The van der Waals surface area contributed by atoms with Crippen LogP contribution in [0.1, 0.15) is 24.9 Å². The minimum absolute atomic E-state index is 0. The highest BCUT2D eigenvalue weighted by Gasteiger charge is 2.27. The van der Waals surface area contributed by atoms with Crippen LogP contribution in [0.4, 0.5) is 0 Å². The molecule has 0 aromatic heterocycles. The van der Waals surface area contributed by atoms with E-state index >= 15 is 0 Å². The number of carboxylic acids is 1. The quantitative estimate of drug-likeness (QED) is 0.898. The van der Waals surface area contributed by atoms with Crippen molar-refractivity contribution in [3.8, 4) is 0 Å². The fourth-order valence-electron chi connectivity index (χ4n) is 2.33. The van der Waals surface area contributed by atoms with Gasteiger partial charge in [0.2, 0.25) is 0 Å². The van der Waals surface area contributed by atoms with Gasteiger partial charge in [0.15, 0.2) is 0 Å². The van der Waals surface area contributed by atoms with Crippen LogP contribution in [0.25, 0.3) is 0 Å². The zero-order valence-corrected chi connectivity index (χ0v) is 12.6. The van der Waals surface area contributed by atoms with Gasteiger partial charge in [-0.15, -0.1) is 17.0 Å². The van der Waals surface area contributed by atoms with Crippen molar-refractivity contribution in [3.05, 3.63) is 35.9 Å². The lowest BCUT2D eigenvalue weighted by Crippen LogP contribution is -2.51. The summed E-state index contributed by atoms with van der Waals surface area (Å²) in [5.74, 6) is -1.60. The third-order valence-electron chi connectivity index (χ3n) is 3.42. The molecule has 4 nitrogen and oxygen atoms in total. The number of aliphatic carboxylic acids is 1. The van der Waals surface area contributed by atoms with E-state index in [1.165, 1.54) is 0 Å². The van der Waals surface area contributed by atoms with Gasteiger partial charge in [0.25, 0.3) is 0 Å². The number of ether oxygens (including phenoxy) is 1. The van der Waals surface area contributed by atoms with E-state index in [2.05, 4.69) is 5.32 Å². The van der Waals surface area contributed by atoms with Gasteiger partial charge in [0.05, 0.1) is 6.61 Å². The molecule has 1 N–H and O–H groups in total. The van der Waals surface area contributed by atoms with E-state index in [1.54, 1.807) is 0 Å². The van der Waals surface area contributed by atoms with Crippen LogP contribution in [0, 0.1) is 5.92 Å². The van der Waals surface area contributed by atoms with Crippen LogP contribution in [0.2, 0.25) is 0 Å². The highest BCUT2D eigenvalue weighted by molar-refractivity contribution is 8.93. The summed E-state index contributed by atoms with van der Waals surface area (Å²) in [6, 6.07) is 10.0. The number of hydrogen-bond acceptors (Lipinski definition) is 4. The van der Waals surface area contributed by atoms with Crippen LogP contribution in [-0.4, -0.2) is 25.2 Å². The Morgan fingerprint density at radius 2 is 2.11 bits per heavy atom. The summed E-state index contributed by atoms with van der Waals surface area (Å²) in [5.41, 5.74) is 1.15. The second kappa shape index (κ2) is 7.62. The van der Waals surface area contributed by atoms with Crippen molar-refractivity contribution < 1.29 is 14.6 Å². The number of rotatable bonds is 4. The number of carbonyl (C=O) groups is 1. The van der Waals surface area contributed by atoms with Gasteiger partial charge >= 0.3 is 0 Å². The van der Waals surface area contributed by atoms with Gasteiger partial charge in [-0.1, -0.05) is 30.3 Å². The zero-order chi connectivity index (χ0) is 13.0. The Bertz CT molecular complexity index is 399. The molecule has 0 bridgehead atoms. The Morgan fingerprint density at radius 1 is 1.42 bits per heavy atom. The third-order valence-corrected chi connectivity index (χ3v) is 3.42. The molecule has 0 spiro atoms. The summed E-state index contributed by atoms with van der Waals surface area (Å²) in [5, 5.41) is 14.4. The molecule has 1 aliphatic rings. The average molecular weight is 329 g/mol. The average Bonchev–Trinajstić information content (AvgIpc) is 2.40. The summed E-state index contributed by atoms with van der Waals surface area (Å²) >= 11 is 0. The molecule has 0 aliphatic carbocycles. The molecule has 1 saturated heterocycles. The molecule has 3 atom stereocenters. The molecule has 2 rings (SSSR count). The molecule has 5 heteroatoms. The van der Waals surface area contributed by atoms with E-state index in [0.29, 0.717) is 13.0 Å². The van der Waals surface area contributed by atoms with Gasteiger partial charge in [-0.3, -0.25) is 0 Å². The molecule has 1 fully saturated rings. The predicted octanol–water partition coefficient (Wildman–Crippen LogP) is 1.07. The second-order valence-corrected chi connectivity index (χ2v) is 4.69. The minimum atomic E-state index is -1.03. The standard InChI is InChI=1S/C14H19NO3.BrH/c1-10(11-5-3-2-4-6-11)15-13-7-8-18-9-12(13)14(16)17;/h2-6,10,12-13,15H,7-9H2,1H3,(H,16,17);1H/p-1. The van der Waals surface area contributed by atoms with Crippen LogP contribution < -0.4 is 10.4 Å². The molecule has 1 aliphatic heterocycles. The van der Waals surface area contributed by atoms with E-state index in [0.717, 1.165) is 5.56 Å². The fourth-order valence-corrected chi connectivity index (χ4v) is 2.33. The van der Waals surface area contributed by atoms with Crippen molar-refractivity contribution in [1.29, 1.82) is 0 Å². The zero-order valence-electron chi connectivity index (χ0n) is 10.9. The van der Waals surface area contributed by atoms with Gasteiger partial charge in [-0.25, -0.2) is 0 Å². The minimum Gasteiger partial charge on any atom is -0.550 e. The molecule has 3 unspecified atom stereocenters. The normalized spacial score (nSPS) is 24.3. The first-order valence-electron chi connectivity index (χ1n) is 6.28. The lowest BCUT2D eigenvalue weighted by molar-refractivity contribution is -0.315. The summed E-state index contributed by atoms with van der Waals surface area (Å²) in [6.07, 6.45) is 0.704. The number of benzene rings is 1. The Labute approximate surface area is 123 Å². The fraction of sp³-hybridized carbons (Fsp3) is 0.500. The smallest absolute Gasteiger partial charge is 0.0561 e. The largest absolute Gasteiger partial charge is 0.550 e. The lowest BCUT2D eigenvalue weighted by Gasteiger charge is -2.35. The maximum atomic E-state index is 11.1. The first kappa shape index (κ1) is 16.1. The van der Waals surface area contributed by atoms with Crippen LogP contribution in [0.5, 0.6) is 0 Å². The molecule has 19 heavy (non-hydrogen) atoms. The van der Waals surface area contributed by atoms with Gasteiger partial charge in [0.1, 0.15) is 0 Å². The van der Waals surface area contributed by atoms with Gasteiger partial charge in [-0.05, 0) is 18.9 Å². The van der Waals surface area contributed by atoms with Crippen LogP contribution in [-0.2, 0) is 9.53 Å². The van der Waals surface area contributed by atoms with Crippen molar-refractivity contribution in [2.45, 2.75) is 25.4 Å². The van der Waals surface area contributed by atoms with Gasteiger partial charge < -0.3 is 20.0 Å². The molecular weight excluding hydrogens is 310 g/mol. The Kier molecular flexibility index (Phi) is 6.48. The summed E-state index contributed by atoms with van der Waals surface area (Å²) in [4.78, 5) is 11.1. The van der Waals surface area contributed by atoms with Crippen LogP contribution >= 0.6 is 17.0 Å². The summed E-state index contributed by atoms with van der Waals surface area (Å²) in [6.45, 7) is 2.88. The maximum Gasteiger partial charge on any atom is 0.0561 e. The molecule has 1 heterocycles. The van der Waals surface area contributed by atoms with Crippen molar-refractivity contribution in [2.75, 3.05) is 13.2 Å². The third kappa shape index (κ3) is 4.30. The Balaban J connectivity index is 0.00000180. The Morgan fingerprint density at radius 3 is 2.74 bits per heavy atom. The number of hydrogen-bond donors (Lipinski definition) is 1. The van der Waals surface area contributed by atoms with E-state index in [4.69, 9.17) is 4.74 Å².